The molecule has 5 atom stereocenters. The maximum absolute atomic E-state index is 12.7. The van der Waals surface area contributed by atoms with E-state index in [0.717, 1.165) is 89.9 Å². The molecule has 0 aromatic heterocycles. The minimum Gasteiger partial charge on any atom is -0.462 e. The van der Waals surface area contributed by atoms with Crippen molar-refractivity contribution in [1.29, 1.82) is 0 Å². The van der Waals surface area contributed by atoms with Crippen LogP contribution in [-0.2, 0) is 32.7 Å². The molecule has 5 N–H and O–H groups in total. The fourth-order valence-corrected chi connectivity index (χ4v) is 7.73. The first-order chi connectivity index (χ1) is 31.6. The zero-order valence-electron chi connectivity index (χ0n) is 40.9. The van der Waals surface area contributed by atoms with Gasteiger partial charge in [-0.2, -0.15) is 0 Å². The van der Waals surface area contributed by atoms with Crippen LogP contribution in [0.2, 0.25) is 0 Å². The third-order valence-corrected chi connectivity index (χ3v) is 12.1. The third-order valence-electron chi connectivity index (χ3n) is 11.1. The Morgan fingerprint density at radius 2 is 0.800 bits per heavy atom. The van der Waals surface area contributed by atoms with E-state index in [4.69, 9.17) is 23.6 Å². The van der Waals surface area contributed by atoms with Gasteiger partial charge in [0.05, 0.1) is 19.8 Å². The van der Waals surface area contributed by atoms with E-state index < -0.39 is 64.0 Å². The molecule has 0 radical (unpaired) electrons. The van der Waals surface area contributed by atoms with Gasteiger partial charge in [-0.1, -0.05) is 140 Å². The molecular formula is C52H95O12P. The Morgan fingerprint density at radius 3 is 1.20 bits per heavy atom. The smallest absolute Gasteiger partial charge is 0.462 e. The normalized spacial score (nSPS) is 15.0. The van der Waals surface area contributed by atoms with Gasteiger partial charge < -0.3 is 34.8 Å². The Kier molecular flexibility index (Phi) is 45.4. The summed E-state index contributed by atoms with van der Waals surface area (Å²) in [4.78, 5) is 35.5. The maximum atomic E-state index is 12.7. The lowest BCUT2D eigenvalue weighted by molar-refractivity contribution is -0.161. The summed E-state index contributed by atoms with van der Waals surface area (Å²) in [6.45, 7) is 1.70. The highest BCUT2D eigenvalue weighted by Gasteiger charge is 2.30. The second kappa shape index (κ2) is 46.9. The van der Waals surface area contributed by atoms with E-state index in [1.54, 1.807) is 0 Å². The summed E-state index contributed by atoms with van der Waals surface area (Å²) >= 11 is 0. The van der Waals surface area contributed by atoms with Crippen molar-refractivity contribution in [3.63, 3.8) is 0 Å². The van der Waals surface area contributed by atoms with Crippen LogP contribution in [0.25, 0.3) is 0 Å². The van der Waals surface area contributed by atoms with Gasteiger partial charge in [0, 0.05) is 12.8 Å². The van der Waals surface area contributed by atoms with Gasteiger partial charge in [0.25, 0.3) is 0 Å². The number of ether oxygens (including phenoxy) is 2. The van der Waals surface area contributed by atoms with Crippen molar-refractivity contribution < 1.29 is 58.0 Å². The molecule has 0 fully saturated rings. The number of phosphoric ester groups is 1. The van der Waals surface area contributed by atoms with Crippen LogP contribution in [0.5, 0.6) is 0 Å². The first-order valence-corrected chi connectivity index (χ1v) is 27.3. The lowest BCUT2D eigenvalue weighted by atomic mass is 10.1. The zero-order chi connectivity index (χ0) is 47.9. The molecule has 1 unspecified atom stereocenters. The summed E-state index contributed by atoms with van der Waals surface area (Å²) in [5.41, 5.74) is 0. The van der Waals surface area contributed by atoms with E-state index >= 15 is 0 Å². The lowest BCUT2D eigenvalue weighted by Crippen LogP contribution is -2.41. The van der Waals surface area contributed by atoms with Crippen molar-refractivity contribution in [3.8, 4) is 0 Å². The summed E-state index contributed by atoms with van der Waals surface area (Å²) in [7, 11) is -4.84. The van der Waals surface area contributed by atoms with E-state index in [1.165, 1.54) is 89.9 Å². The molecule has 0 saturated heterocycles. The van der Waals surface area contributed by atoms with Crippen molar-refractivity contribution in [2.45, 2.75) is 244 Å². The molecule has 0 aromatic rings. The predicted octanol–water partition coefficient (Wildman–Crippen LogP) is 12.4. The topological polar surface area (TPSA) is 189 Å². The molecule has 0 aliphatic rings. The van der Waals surface area contributed by atoms with Gasteiger partial charge in [0.15, 0.2) is 6.10 Å². The highest BCUT2D eigenvalue weighted by atomic mass is 31.2. The fraction of sp³-hybridized carbons (Fsp3) is 0.808. The van der Waals surface area contributed by atoms with Crippen molar-refractivity contribution >= 4 is 19.8 Å². The van der Waals surface area contributed by atoms with Crippen LogP contribution in [0, 0.1) is 0 Å². The predicted molar refractivity (Wildman–Crippen MR) is 263 cm³/mol. The molecule has 0 amide bonds. The number of unbranched alkanes of at least 4 members (excludes halogenated alkanes) is 24. The Hall–Kier alpha value is -2.15. The molecule has 65 heavy (non-hydrogen) atoms. The van der Waals surface area contributed by atoms with Gasteiger partial charge in [0.2, 0.25) is 0 Å². The lowest BCUT2D eigenvalue weighted by Gasteiger charge is -2.23. The molecule has 0 spiro atoms. The summed E-state index contributed by atoms with van der Waals surface area (Å²) in [6, 6.07) is 0. The number of esters is 2. The summed E-state index contributed by atoms with van der Waals surface area (Å²) in [5.74, 6) is -1.03. The number of phosphoric acid groups is 1. The van der Waals surface area contributed by atoms with Crippen LogP contribution in [0.15, 0.2) is 48.6 Å². The molecule has 0 aromatic carbocycles. The second-order valence-electron chi connectivity index (χ2n) is 17.4. The number of aliphatic hydroxyl groups is 4. The van der Waals surface area contributed by atoms with Crippen molar-refractivity contribution in [1.82, 2.24) is 0 Å². The van der Waals surface area contributed by atoms with E-state index in [9.17, 15) is 34.4 Å². The standard InChI is InChI=1S/C52H95O12P/c1-3-5-7-9-11-13-15-17-19-21-23-25-27-29-31-33-35-37-39-41-50(56)61-44-47(45-62-65(59,60)63-46-49(55)52(58)48(54)43-53)64-51(57)42-40-38-36-34-32-30-28-26-24-22-20-18-16-14-12-10-8-6-4-2/h11-14,23-26,47-49,52-55,58H,3-10,15-22,27-46H2,1-2H3,(H,59,60)/t47-,48-,49-,52+/m1/s1. The number of rotatable bonds is 48. The highest BCUT2D eigenvalue weighted by molar-refractivity contribution is 7.47. The van der Waals surface area contributed by atoms with Crippen molar-refractivity contribution in [2.75, 3.05) is 26.4 Å². The molecule has 0 bridgehead atoms. The van der Waals surface area contributed by atoms with Gasteiger partial charge in [0.1, 0.15) is 24.9 Å². The fourth-order valence-electron chi connectivity index (χ4n) is 6.96. The monoisotopic (exact) mass is 943 g/mol. The molecule has 0 rings (SSSR count). The largest absolute Gasteiger partial charge is 0.472 e. The second-order valence-corrected chi connectivity index (χ2v) is 18.9. The number of carbonyl (C=O) groups is 2. The summed E-state index contributed by atoms with van der Waals surface area (Å²) in [5, 5.41) is 38.2. The summed E-state index contributed by atoms with van der Waals surface area (Å²) in [6.07, 6.45) is 45.9. The Morgan fingerprint density at radius 1 is 0.462 bits per heavy atom. The average Bonchev–Trinajstić information content (AvgIpc) is 3.30. The number of carbonyl (C=O) groups excluding carboxylic acids is 2. The van der Waals surface area contributed by atoms with E-state index in [1.807, 2.05) is 0 Å². The first kappa shape index (κ1) is 62.8. The van der Waals surface area contributed by atoms with Crippen LogP contribution < -0.4 is 0 Å². The van der Waals surface area contributed by atoms with Crippen LogP contribution in [0.1, 0.15) is 219 Å². The molecule has 0 heterocycles. The minimum atomic E-state index is -4.84. The van der Waals surface area contributed by atoms with Crippen LogP contribution in [0.3, 0.4) is 0 Å². The molecule has 13 heteroatoms. The average molecular weight is 943 g/mol. The van der Waals surface area contributed by atoms with Gasteiger partial charge in [-0.3, -0.25) is 18.6 Å². The van der Waals surface area contributed by atoms with Gasteiger partial charge in [-0.25, -0.2) is 4.57 Å². The number of hydrogen-bond donors (Lipinski definition) is 5. The SMILES string of the molecule is CCCCCC=CCCCCC=CCCCCCCCCC(=O)OC[C@H](COP(=O)(O)OC[C@@H](O)[C@@H](O)[C@H](O)CO)OC(=O)CCCCCCCCC=CCCCCC=CCCCCC. The third kappa shape index (κ3) is 44.1. The molecule has 0 saturated carbocycles. The van der Waals surface area contributed by atoms with E-state index in [0.29, 0.717) is 12.8 Å². The van der Waals surface area contributed by atoms with E-state index in [2.05, 4.69) is 62.5 Å². The summed E-state index contributed by atoms with van der Waals surface area (Å²) < 4.78 is 33.1. The van der Waals surface area contributed by atoms with Crippen LogP contribution in [-0.4, -0.2) is 88.1 Å². The van der Waals surface area contributed by atoms with E-state index in [-0.39, 0.29) is 19.4 Å². The molecule has 12 nitrogen and oxygen atoms in total. The van der Waals surface area contributed by atoms with Crippen LogP contribution in [0.4, 0.5) is 0 Å². The zero-order valence-corrected chi connectivity index (χ0v) is 41.8. The molecular weight excluding hydrogens is 848 g/mol. The highest BCUT2D eigenvalue weighted by Crippen LogP contribution is 2.43. The van der Waals surface area contributed by atoms with Gasteiger partial charge in [-0.15, -0.1) is 0 Å². The first-order valence-electron chi connectivity index (χ1n) is 25.8. The minimum absolute atomic E-state index is 0.125. The van der Waals surface area contributed by atoms with Crippen LogP contribution >= 0.6 is 7.82 Å². The number of aliphatic hydroxyl groups excluding tert-OH is 4. The van der Waals surface area contributed by atoms with Gasteiger partial charge >= 0.3 is 19.8 Å². The Bertz CT molecular complexity index is 1250. The maximum Gasteiger partial charge on any atom is 0.472 e. The Balaban J connectivity index is 4.46. The van der Waals surface area contributed by atoms with Crippen molar-refractivity contribution in [3.05, 3.63) is 48.6 Å². The van der Waals surface area contributed by atoms with Gasteiger partial charge in [-0.05, 0) is 116 Å². The number of hydrogen-bond acceptors (Lipinski definition) is 11. The molecule has 0 aliphatic carbocycles. The molecule has 0 aliphatic heterocycles. The molecule has 380 valence electrons. The Labute approximate surface area is 395 Å². The number of allylic oxidation sites excluding steroid dienone is 8. The quantitative estimate of drug-likeness (QED) is 0.0168. The van der Waals surface area contributed by atoms with Crippen molar-refractivity contribution in [2.24, 2.45) is 0 Å².